The predicted molar refractivity (Wildman–Crippen MR) is 83.6 cm³/mol. The van der Waals surface area contributed by atoms with Gasteiger partial charge in [-0.2, -0.15) is 13.2 Å². The van der Waals surface area contributed by atoms with Crippen LogP contribution >= 0.6 is 23.5 Å². The Bertz CT molecular complexity index is 609. The van der Waals surface area contributed by atoms with E-state index in [4.69, 9.17) is 5.73 Å². The van der Waals surface area contributed by atoms with Crippen LogP contribution in [0.1, 0.15) is 11.1 Å². The van der Waals surface area contributed by atoms with E-state index >= 15 is 0 Å². The summed E-state index contributed by atoms with van der Waals surface area (Å²) in [5.74, 6) is 0.671. The molecule has 0 bridgehead atoms. The van der Waals surface area contributed by atoms with E-state index in [1.165, 1.54) is 22.7 Å². The van der Waals surface area contributed by atoms with Crippen LogP contribution in [-0.2, 0) is 11.9 Å². The lowest BCUT2D eigenvalue weighted by Gasteiger charge is -2.10. The van der Waals surface area contributed by atoms with E-state index in [0.29, 0.717) is 10.6 Å². The maximum absolute atomic E-state index is 12.6. The molecule has 112 valence electrons. The Morgan fingerprint density at radius 2 is 1.71 bits per heavy atom. The van der Waals surface area contributed by atoms with Crippen LogP contribution in [-0.4, -0.2) is 6.26 Å². The van der Waals surface area contributed by atoms with Gasteiger partial charge in [-0.3, -0.25) is 0 Å². The van der Waals surface area contributed by atoms with Gasteiger partial charge in [-0.1, -0.05) is 12.1 Å². The van der Waals surface area contributed by atoms with Gasteiger partial charge in [0.2, 0.25) is 0 Å². The lowest BCUT2D eigenvalue weighted by atomic mass is 10.2. The molecule has 21 heavy (non-hydrogen) atoms. The first-order valence-electron chi connectivity index (χ1n) is 6.12. The van der Waals surface area contributed by atoms with Crippen molar-refractivity contribution in [3.8, 4) is 0 Å². The highest BCUT2D eigenvalue weighted by Gasteiger charge is 2.30. The van der Waals surface area contributed by atoms with E-state index in [0.717, 1.165) is 17.7 Å². The average molecular weight is 329 g/mol. The van der Waals surface area contributed by atoms with Crippen molar-refractivity contribution < 1.29 is 13.2 Å². The molecule has 0 saturated heterocycles. The number of anilines is 1. The minimum Gasteiger partial charge on any atom is -0.398 e. The van der Waals surface area contributed by atoms with Crippen LogP contribution in [0.25, 0.3) is 0 Å². The average Bonchev–Trinajstić information content (AvgIpc) is 2.45. The summed E-state index contributed by atoms with van der Waals surface area (Å²) in [7, 11) is 0. The van der Waals surface area contributed by atoms with Gasteiger partial charge in [0.15, 0.2) is 0 Å². The van der Waals surface area contributed by atoms with Crippen molar-refractivity contribution >= 4 is 29.2 Å². The Balaban J connectivity index is 2.06. The van der Waals surface area contributed by atoms with Gasteiger partial charge < -0.3 is 5.73 Å². The van der Waals surface area contributed by atoms with E-state index < -0.39 is 11.7 Å². The highest BCUT2D eigenvalue weighted by Crippen LogP contribution is 2.35. The zero-order valence-electron chi connectivity index (χ0n) is 11.3. The molecule has 2 rings (SSSR count). The normalized spacial score (nSPS) is 11.6. The van der Waals surface area contributed by atoms with E-state index in [1.54, 1.807) is 11.8 Å². The quantitative estimate of drug-likeness (QED) is 0.609. The fourth-order valence-electron chi connectivity index (χ4n) is 1.74. The number of nitrogen functional groups attached to an aromatic ring is 1. The van der Waals surface area contributed by atoms with Crippen molar-refractivity contribution in [2.45, 2.75) is 21.7 Å². The Morgan fingerprint density at radius 1 is 1.05 bits per heavy atom. The van der Waals surface area contributed by atoms with Crippen molar-refractivity contribution in [1.82, 2.24) is 0 Å². The Morgan fingerprint density at radius 3 is 2.24 bits per heavy atom. The van der Waals surface area contributed by atoms with Crippen LogP contribution < -0.4 is 5.73 Å². The van der Waals surface area contributed by atoms with Crippen LogP contribution in [0, 0.1) is 0 Å². The third kappa shape index (κ3) is 4.35. The fraction of sp³-hybridized carbons (Fsp3) is 0.200. The zero-order valence-corrected chi connectivity index (χ0v) is 12.9. The number of rotatable bonds is 4. The Kier molecular flexibility index (Phi) is 5.11. The molecule has 2 N–H and O–H groups in total. The second kappa shape index (κ2) is 6.66. The Hall–Kier alpha value is -1.27. The van der Waals surface area contributed by atoms with Gasteiger partial charge in [0.1, 0.15) is 0 Å². The molecule has 0 fully saturated rings. The van der Waals surface area contributed by atoms with Gasteiger partial charge in [0, 0.05) is 21.2 Å². The van der Waals surface area contributed by atoms with E-state index in [1.807, 2.05) is 30.5 Å². The minimum atomic E-state index is -4.36. The molecule has 0 spiro atoms. The van der Waals surface area contributed by atoms with Crippen molar-refractivity contribution in [2.75, 3.05) is 12.0 Å². The second-order valence-corrected chi connectivity index (χ2v) is 6.28. The number of thioether (sulfide) groups is 2. The lowest BCUT2D eigenvalue weighted by Crippen LogP contribution is -2.05. The molecule has 0 amide bonds. The van der Waals surface area contributed by atoms with Crippen molar-refractivity contribution in [3.05, 3.63) is 53.6 Å². The third-order valence-corrected chi connectivity index (χ3v) is 4.79. The molecule has 0 aliphatic rings. The number of alkyl halides is 3. The van der Waals surface area contributed by atoms with Crippen LogP contribution in [0.5, 0.6) is 0 Å². The van der Waals surface area contributed by atoms with E-state index in [-0.39, 0.29) is 5.69 Å². The summed E-state index contributed by atoms with van der Waals surface area (Å²) in [5, 5.41) is 0. The van der Waals surface area contributed by atoms with Gasteiger partial charge in [-0.05, 0) is 42.2 Å². The van der Waals surface area contributed by atoms with E-state index in [2.05, 4.69) is 0 Å². The molecule has 0 aliphatic heterocycles. The SMILES string of the molecule is CSc1ccc(CSc2ccc(C(F)(F)F)cc2N)cc1. The first-order valence-corrected chi connectivity index (χ1v) is 8.33. The van der Waals surface area contributed by atoms with Crippen LogP contribution in [0.4, 0.5) is 18.9 Å². The van der Waals surface area contributed by atoms with Gasteiger partial charge in [-0.25, -0.2) is 0 Å². The molecule has 0 saturated carbocycles. The number of halogens is 3. The number of hydrogen-bond donors (Lipinski definition) is 1. The Labute approximate surface area is 130 Å². The van der Waals surface area contributed by atoms with Crippen molar-refractivity contribution in [1.29, 1.82) is 0 Å². The van der Waals surface area contributed by atoms with Gasteiger partial charge in [-0.15, -0.1) is 23.5 Å². The number of benzene rings is 2. The molecule has 0 radical (unpaired) electrons. The maximum atomic E-state index is 12.6. The summed E-state index contributed by atoms with van der Waals surface area (Å²) < 4.78 is 37.7. The number of hydrogen-bond acceptors (Lipinski definition) is 3. The molecular weight excluding hydrogens is 315 g/mol. The van der Waals surface area contributed by atoms with Crippen LogP contribution in [0.2, 0.25) is 0 Å². The lowest BCUT2D eigenvalue weighted by molar-refractivity contribution is -0.137. The molecule has 0 heterocycles. The van der Waals surface area contributed by atoms with Gasteiger partial charge in [0.25, 0.3) is 0 Å². The van der Waals surface area contributed by atoms with Crippen LogP contribution in [0.3, 0.4) is 0 Å². The molecule has 0 atom stereocenters. The minimum absolute atomic E-state index is 0.163. The van der Waals surface area contributed by atoms with Crippen molar-refractivity contribution in [3.63, 3.8) is 0 Å². The first kappa shape index (κ1) is 16.1. The third-order valence-electron chi connectivity index (χ3n) is 2.89. The zero-order chi connectivity index (χ0) is 15.5. The van der Waals surface area contributed by atoms with Gasteiger partial charge >= 0.3 is 6.18 Å². The second-order valence-electron chi connectivity index (χ2n) is 4.39. The molecule has 0 aromatic heterocycles. The molecule has 6 heteroatoms. The molecule has 0 aliphatic carbocycles. The summed E-state index contributed by atoms with van der Waals surface area (Å²) in [5.41, 5.74) is 6.26. The van der Waals surface area contributed by atoms with Gasteiger partial charge in [0.05, 0.1) is 5.56 Å². The molecule has 0 unspecified atom stereocenters. The summed E-state index contributed by atoms with van der Waals surface area (Å²) in [6.07, 6.45) is -2.35. The maximum Gasteiger partial charge on any atom is 0.416 e. The molecule has 1 nitrogen and oxygen atoms in total. The summed E-state index contributed by atoms with van der Waals surface area (Å²) in [4.78, 5) is 1.84. The summed E-state index contributed by atoms with van der Waals surface area (Å²) in [6, 6.07) is 11.6. The molecule has 2 aromatic carbocycles. The summed E-state index contributed by atoms with van der Waals surface area (Å²) >= 11 is 3.10. The molecular formula is C15H14F3NS2. The summed E-state index contributed by atoms with van der Waals surface area (Å²) in [6.45, 7) is 0. The largest absolute Gasteiger partial charge is 0.416 e. The van der Waals surface area contributed by atoms with Crippen LogP contribution in [0.15, 0.2) is 52.3 Å². The highest BCUT2D eigenvalue weighted by molar-refractivity contribution is 7.99. The first-order chi connectivity index (χ1) is 9.90. The highest BCUT2D eigenvalue weighted by atomic mass is 32.2. The smallest absolute Gasteiger partial charge is 0.398 e. The molecule has 2 aromatic rings. The van der Waals surface area contributed by atoms with E-state index in [9.17, 15) is 13.2 Å². The topological polar surface area (TPSA) is 26.0 Å². The van der Waals surface area contributed by atoms with Crippen molar-refractivity contribution in [2.24, 2.45) is 0 Å². The number of nitrogens with two attached hydrogens (primary N) is 1. The standard InChI is InChI=1S/C15H14F3NS2/c1-20-12-5-2-10(3-6-12)9-21-14-7-4-11(8-13(14)19)15(16,17)18/h2-8H,9,19H2,1H3. The fourth-order valence-corrected chi connectivity index (χ4v) is 3.05. The predicted octanol–water partition coefficient (Wildman–Crippen LogP) is 5.30. The monoisotopic (exact) mass is 329 g/mol.